The molecule has 4 rings (SSSR count). The van der Waals surface area contributed by atoms with Crippen LogP contribution in [0.2, 0.25) is 0 Å². The number of fused-ring (bicyclic) bond motifs is 2. The van der Waals surface area contributed by atoms with E-state index in [1.807, 2.05) is 19.1 Å². The molecule has 3 N–H and O–H groups in total. The van der Waals surface area contributed by atoms with Gasteiger partial charge in [-0.3, -0.25) is 9.80 Å². The fourth-order valence-corrected chi connectivity index (χ4v) is 6.72. The molecule has 2 heterocycles. The predicted molar refractivity (Wildman–Crippen MR) is 122 cm³/mol. The van der Waals surface area contributed by atoms with Gasteiger partial charge in [0.25, 0.3) is 0 Å². The maximum absolute atomic E-state index is 12.8. The van der Waals surface area contributed by atoms with E-state index < -0.39 is 25.5 Å². The molecular formula is C19H16IN3O4S2. The number of hydrogen-bond donors (Lipinski definition) is 2. The number of rotatable bonds is 4. The second-order valence-corrected chi connectivity index (χ2v) is 11.0. The highest BCUT2D eigenvalue weighted by atomic mass is 127. The van der Waals surface area contributed by atoms with Crippen molar-refractivity contribution in [2.75, 3.05) is 10.8 Å². The van der Waals surface area contributed by atoms with Crippen LogP contribution in [0.1, 0.15) is 10.6 Å². The Morgan fingerprint density at radius 3 is 2.76 bits per heavy atom. The van der Waals surface area contributed by atoms with Crippen LogP contribution >= 0.6 is 33.9 Å². The number of carbonyl (C=O) groups is 1. The number of carboxylic acid groups (broad SMARTS) is 1. The van der Waals surface area contributed by atoms with Crippen LogP contribution < -0.4 is 10.9 Å². The maximum atomic E-state index is 12.8. The van der Waals surface area contributed by atoms with Crippen molar-refractivity contribution in [3.8, 4) is 0 Å². The molecule has 10 heteroatoms. The summed E-state index contributed by atoms with van der Waals surface area (Å²) in [4.78, 5) is 16.3. The van der Waals surface area contributed by atoms with Crippen molar-refractivity contribution in [2.24, 2.45) is 5.84 Å². The van der Waals surface area contributed by atoms with Crippen molar-refractivity contribution in [1.29, 1.82) is 0 Å². The van der Waals surface area contributed by atoms with Crippen molar-refractivity contribution >= 4 is 71.3 Å². The molecule has 0 spiro atoms. The lowest BCUT2D eigenvalue weighted by molar-refractivity contribution is -0.135. The van der Waals surface area contributed by atoms with Crippen molar-refractivity contribution in [2.45, 2.75) is 15.7 Å². The molecule has 0 radical (unpaired) electrons. The summed E-state index contributed by atoms with van der Waals surface area (Å²) in [5.74, 6) is 4.96. The highest BCUT2D eigenvalue weighted by Crippen LogP contribution is 2.39. The van der Waals surface area contributed by atoms with Gasteiger partial charge in [-0.25, -0.2) is 19.2 Å². The average molecular weight is 541 g/mol. The monoisotopic (exact) mass is 541 g/mol. The minimum Gasteiger partial charge on any atom is -0.480 e. The number of hydrazine groups is 1. The van der Waals surface area contributed by atoms with Crippen LogP contribution in [0.25, 0.3) is 15.9 Å². The molecule has 0 saturated carbocycles. The molecule has 3 aromatic rings. The molecule has 0 saturated heterocycles. The third kappa shape index (κ3) is 3.54. The van der Waals surface area contributed by atoms with Crippen LogP contribution in [0.5, 0.6) is 0 Å². The van der Waals surface area contributed by atoms with Crippen LogP contribution in [-0.2, 0) is 14.6 Å². The zero-order valence-electron chi connectivity index (χ0n) is 15.2. The third-order valence-corrected chi connectivity index (χ3v) is 8.58. The number of hydrogen-bond acceptors (Lipinski definition) is 7. The Morgan fingerprint density at radius 2 is 2.03 bits per heavy atom. The summed E-state index contributed by atoms with van der Waals surface area (Å²) < 4.78 is 25.5. The highest BCUT2D eigenvalue weighted by molar-refractivity contribution is 14.1. The molecule has 150 valence electrons. The summed E-state index contributed by atoms with van der Waals surface area (Å²) in [7, 11) is -3.67. The van der Waals surface area contributed by atoms with E-state index in [9.17, 15) is 18.3 Å². The van der Waals surface area contributed by atoms with E-state index in [2.05, 4.69) is 4.98 Å². The van der Waals surface area contributed by atoms with E-state index in [0.29, 0.717) is 16.9 Å². The molecule has 0 fully saturated rings. The number of aromatic nitrogens is 1. The van der Waals surface area contributed by atoms with E-state index in [-0.39, 0.29) is 10.5 Å². The normalized spacial score (nSPS) is 16.5. The van der Waals surface area contributed by atoms with Gasteiger partial charge in [-0.2, -0.15) is 0 Å². The molecule has 1 aromatic heterocycles. The minimum atomic E-state index is -3.67. The van der Waals surface area contributed by atoms with E-state index in [0.717, 1.165) is 15.2 Å². The Bertz CT molecular complexity index is 1280. The van der Waals surface area contributed by atoms with Gasteiger partial charge < -0.3 is 5.11 Å². The fourth-order valence-electron chi connectivity index (χ4n) is 3.39. The van der Waals surface area contributed by atoms with Crippen LogP contribution in [0.15, 0.2) is 52.9 Å². The fraction of sp³-hybridized carbons (Fsp3) is 0.158. The molecule has 1 atom stereocenters. The Hall–Kier alpha value is -2.02. The quantitative estimate of drug-likeness (QED) is 0.225. The number of aryl methyl sites for hydroxylation is 1. The Morgan fingerprint density at radius 1 is 1.31 bits per heavy atom. The standard InChI is InChI=1S/C19H16IN3O4S2/c1-10-22-14-7-6-11(8-15(14)28-10)23(21)18-12-4-2-3-5-16(12)29(26,27)9-13(18)17(20)19(24)25/h2-8,17H,9,21H2,1H3,(H,24,25). The van der Waals surface area contributed by atoms with E-state index in [4.69, 9.17) is 5.84 Å². The summed E-state index contributed by atoms with van der Waals surface area (Å²) in [6.07, 6.45) is 0. The van der Waals surface area contributed by atoms with Gasteiger partial charge in [0.15, 0.2) is 9.84 Å². The average Bonchev–Trinajstić information content (AvgIpc) is 3.05. The molecule has 0 bridgehead atoms. The van der Waals surface area contributed by atoms with Gasteiger partial charge in [0.1, 0.15) is 3.92 Å². The third-order valence-electron chi connectivity index (χ3n) is 4.65. The molecule has 29 heavy (non-hydrogen) atoms. The van der Waals surface area contributed by atoms with E-state index in [1.54, 1.807) is 46.9 Å². The lowest BCUT2D eigenvalue weighted by Gasteiger charge is -2.31. The number of thiazole rings is 1. The minimum absolute atomic E-state index is 0.151. The molecule has 1 unspecified atom stereocenters. The molecule has 7 nitrogen and oxygen atoms in total. The van der Waals surface area contributed by atoms with Gasteiger partial charge in [0.2, 0.25) is 0 Å². The van der Waals surface area contributed by atoms with Crippen LogP contribution in [-0.4, -0.2) is 34.2 Å². The molecule has 2 aromatic carbocycles. The lowest BCUT2D eigenvalue weighted by Crippen LogP contribution is -2.37. The zero-order chi connectivity index (χ0) is 20.9. The Labute approximate surface area is 184 Å². The maximum Gasteiger partial charge on any atom is 0.320 e. The molecule has 1 aliphatic rings. The summed E-state index contributed by atoms with van der Waals surface area (Å²) >= 11 is 3.27. The summed E-state index contributed by atoms with van der Waals surface area (Å²) in [5, 5.41) is 11.9. The number of aliphatic carboxylic acids is 1. The summed E-state index contributed by atoms with van der Waals surface area (Å²) in [5.41, 5.74) is 2.52. The first-order valence-electron chi connectivity index (χ1n) is 8.53. The summed E-state index contributed by atoms with van der Waals surface area (Å²) in [6, 6.07) is 12.0. The molecular weight excluding hydrogens is 525 g/mol. The summed E-state index contributed by atoms with van der Waals surface area (Å²) in [6.45, 7) is 1.92. The van der Waals surface area contributed by atoms with Gasteiger partial charge in [-0.05, 0) is 36.8 Å². The number of alkyl halides is 1. The first-order chi connectivity index (χ1) is 13.7. The Kier molecular flexibility index (Phi) is 5.13. The van der Waals surface area contributed by atoms with Crippen molar-refractivity contribution < 1.29 is 18.3 Å². The lowest BCUT2D eigenvalue weighted by atomic mass is 10.0. The number of nitrogens with zero attached hydrogens (tertiary/aromatic N) is 2. The van der Waals surface area contributed by atoms with Gasteiger partial charge in [-0.15, -0.1) is 11.3 Å². The molecule has 1 aliphatic heterocycles. The predicted octanol–water partition coefficient (Wildman–Crippen LogP) is 3.37. The van der Waals surface area contributed by atoms with Gasteiger partial charge in [-0.1, -0.05) is 40.8 Å². The topological polar surface area (TPSA) is 114 Å². The zero-order valence-corrected chi connectivity index (χ0v) is 19.0. The van der Waals surface area contributed by atoms with Gasteiger partial charge in [0, 0.05) is 5.56 Å². The second kappa shape index (κ2) is 7.35. The van der Waals surface area contributed by atoms with E-state index in [1.165, 1.54) is 22.4 Å². The smallest absolute Gasteiger partial charge is 0.320 e. The number of benzene rings is 2. The Balaban J connectivity index is 1.95. The number of anilines is 1. The molecule has 0 amide bonds. The first-order valence-corrected chi connectivity index (χ1v) is 12.2. The van der Waals surface area contributed by atoms with Gasteiger partial charge >= 0.3 is 5.97 Å². The van der Waals surface area contributed by atoms with Crippen LogP contribution in [0.3, 0.4) is 0 Å². The number of nitrogens with two attached hydrogens (primary N) is 1. The number of halogens is 1. The van der Waals surface area contributed by atoms with Crippen molar-refractivity contribution in [3.05, 3.63) is 58.6 Å². The van der Waals surface area contributed by atoms with Crippen LogP contribution in [0.4, 0.5) is 5.69 Å². The van der Waals surface area contributed by atoms with Crippen molar-refractivity contribution in [3.63, 3.8) is 0 Å². The van der Waals surface area contributed by atoms with Crippen LogP contribution in [0, 0.1) is 6.92 Å². The number of carboxylic acids is 1. The molecule has 0 aliphatic carbocycles. The SMILES string of the molecule is Cc1nc2ccc(N(N)C3=C(C(I)C(=O)O)CS(=O)(=O)c4ccccc43)cc2s1. The van der Waals surface area contributed by atoms with E-state index >= 15 is 0 Å². The van der Waals surface area contributed by atoms with Crippen molar-refractivity contribution in [1.82, 2.24) is 4.98 Å². The second-order valence-electron chi connectivity index (χ2n) is 6.58. The van der Waals surface area contributed by atoms with Gasteiger partial charge in [0.05, 0.1) is 37.3 Å². The number of sulfone groups is 1. The highest BCUT2D eigenvalue weighted by Gasteiger charge is 2.37. The largest absolute Gasteiger partial charge is 0.480 e. The first kappa shape index (κ1) is 20.3.